The summed E-state index contributed by atoms with van der Waals surface area (Å²) in [7, 11) is 0. The molecule has 4 nitrogen and oxygen atoms in total. The van der Waals surface area contributed by atoms with Gasteiger partial charge in [0.2, 0.25) is 5.67 Å². The average Bonchev–Trinajstić information content (AvgIpc) is 2.60. The number of carbonyl (C=O) groups excluding carboxylic acids is 1. The van der Waals surface area contributed by atoms with Gasteiger partial charge in [0.1, 0.15) is 0 Å². The molecule has 1 N–H and O–H groups in total. The van der Waals surface area contributed by atoms with Crippen molar-refractivity contribution in [2.24, 2.45) is 5.92 Å². The fourth-order valence-electron chi connectivity index (χ4n) is 2.65. The first-order valence-electron chi connectivity index (χ1n) is 6.60. The zero-order valence-electron chi connectivity index (χ0n) is 11.4. The number of nitrogens with zero attached hydrogens (tertiary/aromatic N) is 2. The molecule has 5 heteroatoms. The van der Waals surface area contributed by atoms with Crippen molar-refractivity contribution in [3.05, 3.63) is 0 Å². The molecule has 1 unspecified atom stereocenters. The van der Waals surface area contributed by atoms with Crippen molar-refractivity contribution in [1.82, 2.24) is 9.80 Å². The number of hydrogen-bond donors (Lipinski definition) is 1. The predicted octanol–water partition coefficient (Wildman–Crippen LogP) is 0.650. The normalized spacial score (nSPS) is 30.6. The van der Waals surface area contributed by atoms with Crippen molar-refractivity contribution in [2.45, 2.75) is 38.4 Å². The van der Waals surface area contributed by atoms with E-state index in [9.17, 15) is 9.18 Å². The van der Waals surface area contributed by atoms with Crippen molar-refractivity contribution in [3.63, 3.8) is 0 Å². The molecule has 2 heterocycles. The van der Waals surface area contributed by atoms with Crippen molar-refractivity contribution in [2.75, 3.05) is 32.8 Å². The van der Waals surface area contributed by atoms with Gasteiger partial charge in [0, 0.05) is 50.7 Å². The Morgan fingerprint density at radius 2 is 2.06 bits per heavy atom. The lowest BCUT2D eigenvalue weighted by atomic mass is 9.96. The minimum atomic E-state index is -1.73. The van der Waals surface area contributed by atoms with Gasteiger partial charge in [-0.1, -0.05) is 0 Å². The molecule has 0 radical (unpaired) electrons. The van der Waals surface area contributed by atoms with Crippen LogP contribution in [-0.4, -0.2) is 64.8 Å². The van der Waals surface area contributed by atoms with Crippen molar-refractivity contribution in [1.29, 1.82) is 0 Å². The first-order chi connectivity index (χ1) is 8.26. The van der Waals surface area contributed by atoms with Crippen LogP contribution in [0.5, 0.6) is 0 Å². The zero-order chi connectivity index (χ0) is 13.6. The Labute approximate surface area is 108 Å². The third-order valence-corrected chi connectivity index (χ3v) is 4.05. The number of alkyl halides is 1. The maximum atomic E-state index is 14.7. The number of carbonyl (C=O) groups is 1. The lowest BCUT2D eigenvalue weighted by Crippen LogP contribution is -2.58. The zero-order valence-corrected chi connectivity index (χ0v) is 11.4. The van der Waals surface area contributed by atoms with Crippen LogP contribution in [0.3, 0.4) is 0 Å². The molecular formula is C13H23FN2O2. The monoisotopic (exact) mass is 258 g/mol. The van der Waals surface area contributed by atoms with E-state index in [0.29, 0.717) is 19.6 Å². The van der Waals surface area contributed by atoms with Crippen molar-refractivity contribution in [3.8, 4) is 0 Å². The smallest absolute Gasteiger partial charge is 0.261 e. The summed E-state index contributed by atoms with van der Waals surface area (Å²) in [6, 6.07) is 0. The number of aliphatic hydroxyl groups is 1. The minimum absolute atomic E-state index is 0.0805. The van der Waals surface area contributed by atoms with Crippen LogP contribution in [0.4, 0.5) is 4.39 Å². The highest BCUT2D eigenvalue weighted by Gasteiger charge is 2.51. The number of halogens is 1. The van der Waals surface area contributed by atoms with Gasteiger partial charge in [-0.3, -0.25) is 9.69 Å². The van der Waals surface area contributed by atoms with Gasteiger partial charge in [-0.15, -0.1) is 0 Å². The molecule has 1 atom stereocenters. The standard InChI is InChI=1S/C13H23FN2O2/c1-12(2,3)16-5-4-13(14,9-16)11(18)15-6-10(7-15)8-17/h10,17H,4-9H2,1-3H3. The second-order valence-electron chi connectivity index (χ2n) is 6.57. The van der Waals surface area contributed by atoms with E-state index in [0.717, 1.165) is 0 Å². The number of amides is 1. The maximum absolute atomic E-state index is 14.7. The molecule has 0 saturated carbocycles. The van der Waals surface area contributed by atoms with Crippen molar-refractivity contribution < 1.29 is 14.3 Å². The Balaban J connectivity index is 1.95. The van der Waals surface area contributed by atoms with Crippen LogP contribution in [0.15, 0.2) is 0 Å². The van der Waals surface area contributed by atoms with Gasteiger partial charge in [-0.25, -0.2) is 4.39 Å². The lowest BCUT2D eigenvalue weighted by molar-refractivity contribution is -0.151. The number of hydrogen-bond acceptors (Lipinski definition) is 3. The van der Waals surface area contributed by atoms with Crippen LogP contribution >= 0.6 is 0 Å². The van der Waals surface area contributed by atoms with E-state index in [2.05, 4.69) is 0 Å². The number of rotatable bonds is 2. The summed E-state index contributed by atoms with van der Waals surface area (Å²) in [4.78, 5) is 15.7. The summed E-state index contributed by atoms with van der Waals surface area (Å²) in [6.45, 7) is 8.00. The van der Waals surface area contributed by atoms with Gasteiger partial charge in [0.25, 0.3) is 5.91 Å². The second-order valence-corrected chi connectivity index (χ2v) is 6.57. The third-order valence-electron chi connectivity index (χ3n) is 4.05. The molecule has 0 aliphatic carbocycles. The van der Waals surface area contributed by atoms with Crippen LogP contribution in [0.2, 0.25) is 0 Å². The molecule has 2 aliphatic rings. The minimum Gasteiger partial charge on any atom is -0.396 e. The molecule has 2 saturated heterocycles. The Bertz CT molecular complexity index is 336. The topological polar surface area (TPSA) is 43.8 Å². The van der Waals surface area contributed by atoms with Gasteiger partial charge in [-0.05, 0) is 20.8 Å². The second kappa shape index (κ2) is 4.46. The van der Waals surface area contributed by atoms with Crippen molar-refractivity contribution >= 4 is 5.91 Å². The molecule has 2 aliphatic heterocycles. The highest BCUT2D eigenvalue weighted by molar-refractivity contribution is 5.86. The third kappa shape index (κ3) is 2.38. The van der Waals surface area contributed by atoms with E-state index in [1.165, 1.54) is 4.90 Å². The molecule has 2 rings (SSSR count). The van der Waals surface area contributed by atoms with Gasteiger partial charge >= 0.3 is 0 Å². The largest absolute Gasteiger partial charge is 0.396 e. The summed E-state index contributed by atoms with van der Waals surface area (Å²) in [5.74, 6) is -0.253. The van der Waals surface area contributed by atoms with Crippen LogP contribution in [0.1, 0.15) is 27.2 Å². The molecule has 0 spiro atoms. The van der Waals surface area contributed by atoms with Gasteiger partial charge in [0.05, 0.1) is 0 Å². The molecular weight excluding hydrogens is 235 g/mol. The van der Waals surface area contributed by atoms with Crippen LogP contribution < -0.4 is 0 Å². The van der Waals surface area contributed by atoms with E-state index in [1.807, 2.05) is 25.7 Å². The van der Waals surface area contributed by atoms with E-state index in [1.54, 1.807) is 0 Å². The summed E-state index contributed by atoms with van der Waals surface area (Å²) < 4.78 is 14.7. The molecule has 0 bridgehead atoms. The predicted molar refractivity (Wildman–Crippen MR) is 66.9 cm³/mol. The van der Waals surface area contributed by atoms with Crippen LogP contribution in [0, 0.1) is 5.92 Å². The summed E-state index contributed by atoms with van der Waals surface area (Å²) in [6.07, 6.45) is 0.281. The molecule has 0 aromatic rings. The van der Waals surface area contributed by atoms with Crippen LogP contribution in [0.25, 0.3) is 0 Å². The maximum Gasteiger partial charge on any atom is 0.261 e. The van der Waals surface area contributed by atoms with Gasteiger partial charge in [-0.2, -0.15) is 0 Å². The Morgan fingerprint density at radius 3 is 2.50 bits per heavy atom. The Hall–Kier alpha value is -0.680. The fourth-order valence-corrected chi connectivity index (χ4v) is 2.65. The van der Waals surface area contributed by atoms with E-state index in [4.69, 9.17) is 5.11 Å². The van der Waals surface area contributed by atoms with Crippen LogP contribution in [-0.2, 0) is 4.79 Å². The fraction of sp³-hybridized carbons (Fsp3) is 0.923. The number of likely N-dealkylation sites (tertiary alicyclic amines) is 2. The Morgan fingerprint density at radius 1 is 1.44 bits per heavy atom. The Kier molecular flexibility index (Phi) is 3.40. The average molecular weight is 258 g/mol. The summed E-state index contributed by atoms with van der Waals surface area (Å²) in [5, 5.41) is 8.92. The lowest BCUT2D eigenvalue weighted by Gasteiger charge is -2.41. The highest BCUT2D eigenvalue weighted by Crippen LogP contribution is 2.33. The molecule has 1 amide bonds. The molecule has 2 fully saturated rings. The first kappa shape index (κ1) is 13.7. The summed E-state index contributed by atoms with van der Waals surface area (Å²) >= 11 is 0. The van der Waals surface area contributed by atoms with E-state index < -0.39 is 5.67 Å². The number of aliphatic hydroxyl groups excluding tert-OH is 1. The van der Waals surface area contributed by atoms with Gasteiger partial charge < -0.3 is 10.0 Å². The molecule has 18 heavy (non-hydrogen) atoms. The SMILES string of the molecule is CC(C)(C)N1CCC(F)(C(=O)N2CC(CO)C2)C1. The highest BCUT2D eigenvalue weighted by atomic mass is 19.1. The van der Waals surface area contributed by atoms with Gasteiger partial charge in [0.15, 0.2) is 0 Å². The first-order valence-corrected chi connectivity index (χ1v) is 6.60. The molecule has 0 aromatic heterocycles. The summed E-state index contributed by atoms with van der Waals surface area (Å²) in [5.41, 5.74) is -1.83. The van der Waals surface area contributed by atoms with E-state index >= 15 is 0 Å². The van der Waals surface area contributed by atoms with E-state index in [-0.39, 0.29) is 36.9 Å². The molecule has 0 aromatic carbocycles. The molecule has 104 valence electrons. The quantitative estimate of drug-likeness (QED) is 0.791.